The Kier molecular flexibility index (Phi) is 9.60. The van der Waals surface area contributed by atoms with Crippen molar-refractivity contribution in [1.82, 2.24) is 0 Å². The second-order valence-corrected chi connectivity index (χ2v) is 0.887. The lowest BCUT2D eigenvalue weighted by atomic mass is 10.9. The molecule has 0 spiro atoms. The van der Waals surface area contributed by atoms with Gasteiger partial charge in [0.25, 0.3) is 0 Å². The van der Waals surface area contributed by atoms with Crippen LogP contribution in [0.2, 0.25) is 0 Å². The monoisotopic (exact) mass is 130 g/mol. The molecule has 0 heterocycles. The molecule has 0 saturated carbocycles. The number of ether oxygens (including phenoxy) is 2. The molecule has 0 aliphatic heterocycles. The van der Waals surface area contributed by atoms with E-state index in [1.807, 2.05) is 0 Å². The molecule has 0 atom stereocenters. The standard InChI is InChI=1S/C4H8O3.Mg.2H/c1-3-7-4(5)6-2;;;/h3H2,1-2H3;;;. The van der Waals surface area contributed by atoms with Crippen LogP contribution in [0.15, 0.2) is 0 Å². The van der Waals surface area contributed by atoms with Gasteiger partial charge in [-0.15, -0.1) is 0 Å². The normalized spacial score (nSPS) is 6.75. The van der Waals surface area contributed by atoms with Crippen molar-refractivity contribution in [2.75, 3.05) is 13.7 Å². The van der Waals surface area contributed by atoms with Crippen molar-refractivity contribution < 1.29 is 14.3 Å². The number of hydrogen-bond donors (Lipinski definition) is 0. The first-order valence-electron chi connectivity index (χ1n) is 2.02. The molecule has 8 heavy (non-hydrogen) atoms. The lowest BCUT2D eigenvalue weighted by molar-refractivity contribution is 0.0771. The maximum Gasteiger partial charge on any atom is 0.507 e. The Morgan fingerprint density at radius 2 is 2.12 bits per heavy atom. The Bertz CT molecular complexity index is 64.3. The molecule has 0 aromatic carbocycles. The summed E-state index contributed by atoms with van der Waals surface area (Å²) >= 11 is 0. The quantitative estimate of drug-likeness (QED) is 0.367. The summed E-state index contributed by atoms with van der Waals surface area (Å²) in [7, 11) is 1.28. The minimum atomic E-state index is -0.623. The van der Waals surface area contributed by atoms with Crippen molar-refractivity contribution in [3.05, 3.63) is 0 Å². The highest BCUT2D eigenvalue weighted by atomic mass is 24.3. The molecule has 0 radical (unpaired) electrons. The van der Waals surface area contributed by atoms with Gasteiger partial charge in [0.2, 0.25) is 0 Å². The molecule has 3 nitrogen and oxygen atoms in total. The van der Waals surface area contributed by atoms with E-state index in [-0.39, 0.29) is 23.1 Å². The van der Waals surface area contributed by atoms with Crippen molar-refractivity contribution in [2.45, 2.75) is 6.92 Å². The molecule has 0 N–H and O–H groups in total. The first kappa shape index (κ1) is 10.9. The van der Waals surface area contributed by atoms with Crippen LogP contribution in [-0.4, -0.2) is 42.9 Å². The number of hydrogen-bond acceptors (Lipinski definition) is 3. The summed E-state index contributed by atoms with van der Waals surface area (Å²) < 4.78 is 8.46. The molecule has 0 aromatic rings. The first-order valence-corrected chi connectivity index (χ1v) is 2.02. The van der Waals surface area contributed by atoms with Gasteiger partial charge in [0.1, 0.15) is 0 Å². The zero-order valence-electron chi connectivity index (χ0n) is 4.43. The second-order valence-electron chi connectivity index (χ2n) is 0.887. The Morgan fingerprint density at radius 3 is 2.25 bits per heavy atom. The van der Waals surface area contributed by atoms with Gasteiger partial charge in [0.05, 0.1) is 13.7 Å². The molecular weight excluding hydrogens is 120 g/mol. The van der Waals surface area contributed by atoms with Crippen LogP contribution in [0, 0.1) is 0 Å². The number of rotatable bonds is 1. The minimum Gasteiger partial charge on any atom is -0.438 e. The van der Waals surface area contributed by atoms with Gasteiger partial charge in [-0.05, 0) is 6.92 Å². The summed E-state index contributed by atoms with van der Waals surface area (Å²) in [6, 6.07) is 0. The highest BCUT2D eigenvalue weighted by Gasteiger charge is 1.92. The van der Waals surface area contributed by atoms with Crippen molar-refractivity contribution in [1.29, 1.82) is 0 Å². The molecule has 0 saturated heterocycles. The van der Waals surface area contributed by atoms with Gasteiger partial charge in [-0.25, -0.2) is 4.79 Å². The fraction of sp³-hybridized carbons (Fsp3) is 0.750. The van der Waals surface area contributed by atoms with Crippen molar-refractivity contribution in [3.8, 4) is 0 Å². The molecular formula is C4H10MgO3. The third kappa shape index (κ3) is 6.04. The highest BCUT2D eigenvalue weighted by molar-refractivity contribution is 5.75. The lowest BCUT2D eigenvalue weighted by Crippen LogP contribution is -2.02. The maximum absolute atomic E-state index is 9.97. The predicted octanol–water partition coefficient (Wildman–Crippen LogP) is -0.127. The van der Waals surface area contributed by atoms with Crippen LogP contribution >= 0.6 is 0 Å². The molecule has 0 rings (SSSR count). The van der Waals surface area contributed by atoms with Crippen LogP contribution in [0.1, 0.15) is 6.92 Å². The second kappa shape index (κ2) is 7.04. The van der Waals surface area contributed by atoms with Crippen molar-refractivity contribution in [3.63, 3.8) is 0 Å². The zero-order valence-corrected chi connectivity index (χ0v) is 4.43. The van der Waals surface area contributed by atoms with Gasteiger partial charge in [-0.1, -0.05) is 0 Å². The summed E-state index contributed by atoms with van der Waals surface area (Å²) in [4.78, 5) is 9.97. The van der Waals surface area contributed by atoms with E-state index in [2.05, 4.69) is 9.47 Å². The molecule has 46 valence electrons. The van der Waals surface area contributed by atoms with Gasteiger partial charge >= 0.3 is 29.2 Å². The Morgan fingerprint density at radius 1 is 1.62 bits per heavy atom. The molecule has 0 bridgehead atoms. The number of carbonyl (C=O) groups is 1. The van der Waals surface area contributed by atoms with Gasteiger partial charge in [-0.2, -0.15) is 0 Å². The van der Waals surface area contributed by atoms with E-state index in [4.69, 9.17) is 0 Å². The number of carbonyl (C=O) groups excluding carboxylic acids is 1. The molecule has 0 unspecified atom stereocenters. The van der Waals surface area contributed by atoms with E-state index in [9.17, 15) is 4.79 Å². The van der Waals surface area contributed by atoms with E-state index in [0.29, 0.717) is 6.61 Å². The topological polar surface area (TPSA) is 35.5 Å². The van der Waals surface area contributed by atoms with Crippen LogP contribution in [0.4, 0.5) is 4.79 Å². The Labute approximate surface area is 64.5 Å². The molecule has 0 aliphatic carbocycles. The molecule has 0 amide bonds. The van der Waals surface area contributed by atoms with Gasteiger partial charge < -0.3 is 9.47 Å². The summed E-state index contributed by atoms with van der Waals surface area (Å²) in [5, 5.41) is 0. The molecule has 0 fully saturated rings. The zero-order chi connectivity index (χ0) is 5.70. The van der Waals surface area contributed by atoms with Gasteiger partial charge in [-0.3, -0.25) is 0 Å². The Balaban J connectivity index is 0. The van der Waals surface area contributed by atoms with E-state index < -0.39 is 6.16 Å². The largest absolute Gasteiger partial charge is 0.507 e. The number of methoxy groups -OCH3 is 1. The van der Waals surface area contributed by atoms with Crippen LogP contribution in [0.25, 0.3) is 0 Å². The fourth-order valence-corrected chi connectivity index (χ4v) is 0.177. The third-order valence-electron chi connectivity index (χ3n) is 0.429. The van der Waals surface area contributed by atoms with E-state index in [1.165, 1.54) is 7.11 Å². The van der Waals surface area contributed by atoms with E-state index in [1.54, 1.807) is 6.92 Å². The fourth-order valence-electron chi connectivity index (χ4n) is 0.177. The Hall–Kier alpha value is 0.0362. The third-order valence-corrected chi connectivity index (χ3v) is 0.429. The van der Waals surface area contributed by atoms with Crippen LogP contribution in [-0.2, 0) is 9.47 Å². The SMILES string of the molecule is CCOC(=O)OC.[MgH2]. The first-order chi connectivity index (χ1) is 3.31. The van der Waals surface area contributed by atoms with Crippen LogP contribution in [0.5, 0.6) is 0 Å². The summed E-state index contributed by atoms with van der Waals surface area (Å²) in [5.74, 6) is 0. The van der Waals surface area contributed by atoms with Crippen molar-refractivity contribution >= 4 is 29.2 Å². The van der Waals surface area contributed by atoms with Gasteiger partial charge in [0, 0.05) is 0 Å². The highest BCUT2D eigenvalue weighted by Crippen LogP contribution is 1.77. The maximum atomic E-state index is 9.97. The summed E-state index contributed by atoms with van der Waals surface area (Å²) in [6.07, 6.45) is -0.623. The van der Waals surface area contributed by atoms with E-state index >= 15 is 0 Å². The van der Waals surface area contributed by atoms with Crippen molar-refractivity contribution in [2.24, 2.45) is 0 Å². The summed E-state index contributed by atoms with van der Waals surface area (Å²) in [6.45, 7) is 2.09. The molecule has 0 aliphatic rings. The predicted molar refractivity (Wildman–Crippen MR) is 32.6 cm³/mol. The molecule has 4 heteroatoms. The van der Waals surface area contributed by atoms with E-state index in [0.717, 1.165) is 0 Å². The van der Waals surface area contributed by atoms with Gasteiger partial charge in [0.15, 0.2) is 0 Å². The average Bonchev–Trinajstić information content (AvgIpc) is 1.68. The van der Waals surface area contributed by atoms with Crippen LogP contribution < -0.4 is 0 Å². The smallest absolute Gasteiger partial charge is 0.438 e. The lowest BCUT2D eigenvalue weighted by Gasteiger charge is -1.94. The minimum absolute atomic E-state index is 0. The average molecular weight is 130 g/mol. The van der Waals surface area contributed by atoms with Crippen LogP contribution in [0.3, 0.4) is 0 Å². The summed E-state index contributed by atoms with van der Waals surface area (Å²) in [5.41, 5.74) is 0. The molecule has 0 aromatic heterocycles.